The second-order valence-electron chi connectivity index (χ2n) is 4.85. The van der Waals surface area contributed by atoms with Gasteiger partial charge in [-0.05, 0) is 60.9 Å². The summed E-state index contributed by atoms with van der Waals surface area (Å²) in [5.41, 5.74) is 7.96. The van der Waals surface area contributed by atoms with Gasteiger partial charge in [-0.15, -0.1) is 0 Å². The van der Waals surface area contributed by atoms with Crippen LogP contribution < -0.4 is 5.73 Å². The Morgan fingerprint density at radius 1 is 1.05 bits per heavy atom. The van der Waals surface area contributed by atoms with Gasteiger partial charge in [-0.25, -0.2) is 12.8 Å². The third-order valence-electron chi connectivity index (χ3n) is 3.19. The molecule has 2 rings (SSSR count). The fraction of sp³-hybridized carbons (Fsp3) is 0.200. The van der Waals surface area contributed by atoms with E-state index in [2.05, 4.69) is 0 Å². The Labute approximate surface area is 118 Å². The molecule has 2 aromatic rings. The normalized spacial score (nSPS) is 11.6. The first-order valence-corrected chi connectivity index (χ1v) is 7.79. The molecule has 0 aliphatic carbocycles. The second-order valence-corrected chi connectivity index (χ2v) is 6.81. The molecule has 2 aromatic carbocycles. The largest absolute Gasteiger partial charge is 0.399 e. The summed E-state index contributed by atoms with van der Waals surface area (Å²) in [7, 11) is -3.52. The van der Waals surface area contributed by atoms with Crippen molar-refractivity contribution in [3.63, 3.8) is 0 Å². The summed E-state index contributed by atoms with van der Waals surface area (Å²) in [5.74, 6) is -0.656. The van der Waals surface area contributed by atoms with Crippen LogP contribution in [0.5, 0.6) is 0 Å². The highest BCUT2D eigenvalue weighted by Gasteiger charge is 2.19. The molecule has 0 heterocycles. The number of halogens is 1. The van der Waals surface area contributed by atoms with Crippen LogP contribution in [0.15, 0.2) is 41.3 Å². The third-order valence-corrected chi connectivity index (χ3v) is 5.01. The van der Waals surface area contributed by atoms with Crippen LogP contribution >= 0.6 is 0 Å². The quantitative estimate of drug-likeness (QED) is 0.885. The van der Waals surface area contributed by atoms with Crippen molar-refractivity contribution in [2.24, 2.45) is 0 Å². The first-order valence-electron chi connectivity index (χ1n) is 6.13. The van der Waals surface area contributed by atoms with E-state index in [1.54, 1.807) is 32.0 Å². The summed E-state index contributed by atoms with van der Waals surface area (Å²) in [6.45, 7) is 3.46. The number of aryl methyl sites for hydroxylation is 2. The van der Waals surface area contributed by atoms with Crippen molar-refractivity contribution in [1.82, 2.24) is 0 Å². The van der Waals surface area contributed by atoms with Gasteiger partial charge in [-0.1, -0.05) is 6.07 Å². The lowest BCUT2D eigenvalue weighted by atomic mass is 10.1. The number of hydrogen-bond donors (Lipinski definition) is 1. The minimum absolute atomic E-state index is 0.221. The van der Waals surface area contributed by atoms with Crippen LogP contribution in [0, 0.1) is 19.7 Å². The van der Waals surface area contributed by atoms with Crippen LogP contribution in [0.25, 0.3) is 0 Å². The lowest BCUT2D eigenvalue weighted by molar-refractivity contribution is 0.594. The van der Waals surface area contributed by atoms with Gasteiger partial charge < -0.3 is 5.73 Å². The zero-order valence-electron chi connectivity index (χ0n) is 11.4. The van der Waals surface area contributed by atoms with Gasteiger partial charge >= 0.3 is 0 Å². The van der Waals surface area contributed by atoms with Crippen molar-refractivity contribution >= 4 is 15.5 Å². The van der Waals surface area contributed by atoms with Crippen molar-refractivity contribution in [3.05, 3.63) is 58.9 Å². The molecule has 0 aliphatic heterocycles. The van der Waals surface area contributed by atoms with Crippen molar-refractivity contribution in [2.45, 2.75) is 24.5 Å². The highest BCUT2D eigenvalue weighted by Crippen LogP contribution is 2.23. The van der Waals surface area contributed by atoms with E-state index < -0.39 is 15.7 Å². The smallest absolute Gasteiger partial charge is 0.182 e. The van der Waals surface area contributed by atoms with E-state index in [1.807, 2.05) is 0 Å². The van der Waals surface area contributed by atoms with Crippen molar-refractivity contribution in [2.75, 3.05) is 5.73 Å². The molecule has 0 saturated carbocycles. The highest BCUT2D eigenvalue weighted by atomic mass is 32.2. The van der Waals surface area contributed by atoms with Gasteiger partial charge in [0.15, 0.2) is 9.84 Å². The number of anilines is 1. The van der Waals surface area contributed by atoms with Crippen LogP contribution in [-0.2, 0) is 15.6 Å². The number of rotatable bonds is 3. The molecule has 0 radical (unpaired) electrons. The Bertz CT molecular complexity index is 754. The number of benzene rings is 2. The Balaban J connectivity index is 2.43. The topological polar surface area (TPSA) is 60.2 Å². The van der Waals surface area contributed by atoms with E-state index in [0.717, 1.165) is 5.56 Å². The van der Waals surface area contributed by atoms with Crippen molar-refractivity contribution < 1.29 is 12.8 Å². The first kappa shape index (κ1) is 14.5. The molecule has 3 nitrogen and oxygen atoms in total. The van der Waals surface area contributed by atoms with Gasteiger partial charge in [0.2, 0.25) is 0 Å². The van der Waals surface area contributed by atoms with Crippen molar-refractivity contribution in [3.8, 4) is 0 Å². The fourth-order valence-electron chi connectivity index (χ4n) is 2.10. The summed E-state index contributed by atoms with van der Waals surface area (Å²) in [6.07, 6.45) is 0. The van der Waals surface area contributed by atoms with Crippen LogP contribution in [0.3, 0.4) is 0 Å². The minimum atomic E-state index is -3.52. The van der Waals surface area contributed by atoms with Crippen LogP contribution in [0.1, 0.15) is 16.7 Å². The molecule has 0 spiro atoms. The van der Waals surface area contributed by atoms with E-state index >= 15 is 0 Å². The van der Waals surface area contributed by atoms with Gasteiger partial charge in [0, 0.05) is 5.69 Å². The molecule has 0 atom stereocenters. The number of nitrogen functional groups attached to an aromatic ring is 1. The Morgan fingerprint density at radius 3 is 2.40 bits per heavy atom. The lowest BCUT2D eigenvalue weighted by Crippen LogP contribution is -2.08. The average molecular weight is 293 g/mol. The molecule has 0 fully saturated rings. The number of nitrogens with two attached hydrogens (primary N) is 1. The predicted molar refractivity (Wildman–Crippen MR) is 77.6 cm³/mol. The van der Waals surface area contributed by atoms with Gasteiger partial charge in [-0.3, -0.25) is 0 Å². The summed E-state index contributed by atoms with van der Waals surface area (Å²) in [4.78, 5) is 0.232. The zero-order valence-corrected chi connectivity index (χ0v) is 12.2. The molecule has 0 amide bonds. The molecule has 2 N–H and O–H groups in total. The van der Waals surface area contributed by atoms with Gasteiger partial charge in [0.05, 0.1) is 10.6 Å². The number of hydrogen-bond acceptors (Lipinski definition) is 3. The first-order chi connectivity index (χ1) is 9.29. The van der Waals surface area contributed by atoms with E-state index in [4.69, 9.17) is 5.73 Å². The summed E-state index contributed by atoms with van der Waals surface area (Å²) in [5, 5.41) is 0. The molecule has 0 aliphatic rings. The molecule has 5 heteroatoms. The van der Waals surface area contributed by atoms with Crippen LogP contribution in [0.4, 0.5) is 10.1 Å². The molecule has 0 saturated heterocycles. The molecular formula is C15H16FNO2S. The molecule has 0 unspecified atom stereocenters. The van der Waals surface area contributed by atoms with Gasteiger partial charge in [-0.2, -0.15) is 0 Å². The van der Waals surface area contributed by atoms with Crippen molar-refractivity contribution in [1.29, 1.82) is 0 Å². The highest BCUT2D eigenvalue weighted by molar-refractivity contribution is 7.90. The molecule has 0 bridgehead atoms. The standard InChI is InChI=1S/C15H16FNO2S/c1-10-3-4-13(16)8-12(10)9-20(18,19)15-6-5-14(17)7-11(15)2/h3-8H,9,17H2,1-2H3. The van der Waals surface area contributed by atoms with E-state index in [9.17, 15) is 12.8 Å². The third kappa shape index (κ3) is 2.99. The van der Waals surface area contributed by atoms with E-state index in [-0.39, 0.29) is 10.6 Å². The summed E-state index contributed by atoms with van der Waals surface area (Å²) in [6, 6.07) is 8.83. The maximum Gasteiger partial charge on any atom is 0.182 e. The van der Waals surface area contributed by atoms with E-state index in [1.165, 1.54) is 18.2 Å². The minimum Gasteiger partial charge on any atom is -0.399 e. The zero-order chi connectivity index (χ0) is 14.9. The average Bonchev–Trinajstić information content (AvgIpc) is 2.33. The lowest BCUT2D eigenvalue weighted by Gasteiger charge is -2.10. The maximum atomic E-state index is 13.2. The van der Waals surface area contributed by atoms with Crippen LogP contribution in [0.2, 0.25) is 0 Å². The monoisotopic (exact) mass is 293 g/mol. The van der Waals surface area contributed by atoms with Gasteiger partial charge in [0.25, 0.3) is 0 Å². The SMILES string of the molecule is Cc1ccc(F)cc1CS(=O)(=O)c1ccc(N)cc1C. The van der Waals surface area contributed by atoms with Gasteiger partial charge in [0.1, 0.15) is 5.82 Å². The maximum absolute atomic E-state index is 13.2. The fourth-order valence-corrected chi connectivity index (χ4v) is 3.80. The molecular weight excluding hydrogens is 277 g/mol. The summed E-state index contributed by atoms with van der Waals surface area (Å²) >= 11 is 0. The number of sulfone groups is 1. The Hall–Kier alpha value is -1.88. The molecule has 106 valence electrons. The van der Waals surface area contributed by atoms with Crippen LogP contribution in [-0.4, -0.2) is 8.42 Å². The van der Waals surface area contributed by atoms with E-state index in [0.29, 0.717) is 16.8 Å². The Kier molecular flexibility index (Phi) is 3.81. The predicted octanol–water partition coefficient (Wildman–Crippen LogP) is 3.00. The molecule has 20 heavy (non-hydrogen) atoms. The summed E-state index contributed by atoms with van der Waals surface area (Å²) < 4.78 is 38.1. The second kappa shape index (κ2) is 5.25. The Morgan fingerprint density at radius 2 is 1.75 bits per heavy atom. The molecule has 0 aromatic heterocycles.